The van der Waals surface area contributed by atoms with E-state index in [1.54, 1.807) is 4.90 Å². The second-order valence-electron chi connectivity index (χ2n) is 5.85. The lowest BCUT2D eigenvalue weighted by Crippen LogP contribution is -2.49. The Balaban J connectivity index is 2.69. The summed E-state index contributed by atoms with van der Waals surface area (Å²) in [5.41, 5.74) is 0.0944. The highest BCUT2D eigenvalue weighted by Crippen LogP contribution is 2.30. The third-order valence-electron chi connectivity index (χ3n) is 3.51. The zero-order valence-corrected chi connectivity index (χ0v) is 11.7. The fraction of sp³-hybridized carbons (Fsp3) is 0.769. The lowest BCUT2D eigenvalue weighted by atomic mass is 9.85. The second kappa shape index (κ2) is 6.04. The van der Waals surface area contributed by atoms with Gasteiger partial charge in [0.1, 0.15) is 6.04 Å². The Morgan fingerprint density at radius 2 is 2.05 bits per heavy atom. The van der Waals surface area contributed by atoms with Crippen LogP contribution < -0.4 is 5.32 Å². The summed E-state index contributed by atoms with van der Waals surface area (Å²) in [7, 11) is 0. The van der Waals surface area contributed by atoms with Gasteiger partial charge in [0.15, 0.2) is 0 Å². The minimum atomic E-state index is -1.12. The molecular weight excluding hydrogens is 248 g/mol. The summed E-state index contributed by atoms with van der Waals surface area (Å²) in [6, 6.07) is -1.04. The van der Waals surface area contributed by atoms with Gasteiger partial charge in [-0.3, -0.25) is 9.59 Å². The van der Waals surface area contributed by atoms with Crippen LogP contribution in [-0.2, 0) is 14.4 Å². The molecule has 1 aliphatic heterocycles. The maximum Gasteiger partial charge on any atom is 0.328 e. The Labute approximate surface area is 113 Å². The topological polar surface area (TPSA) is 86.7 Å². The van der Waals surface area contributed by atoms with Crippen molar-refractivity contribution >= 4 is 17.8 Å². The van der Waals surface area contributed by atoms with Gasteiger partial charge >= 0.3 is 5.97 Å². The van der Waals surface area contributed by atoms with Crippen LogP contribution in [0, 0.1) is 5.41 Å². The summed E-state index contributed by atoms with van der Waals surface area (Å²) in [6.07, 6.45) is 2.07. The van der Waals surface area contributed by atoms with Gasteiger partial charge in [-0.25, -0.2) is 4.79 Å². The van der Waals surface area contributed by atoms with Gasteiger partial charge < -0.3 is 15.3 Å². The fourth-order valence-electron chi connectivity index (χ4n) is 2.14. The van der Waals surface area contributed by atoms with Crippen molar-refractivity contribution in [2.24, 2.45) is 5.41 Å². The Hall–Kier alpha value is -1.59. The molecule has 0 aromatic heterocycles. The molecule has 1 fully saturated rings. The summed E-state index contributed by atoms with van der Waals surface area (Å²) in [6.45, 7) is 6.04. The first-order chi connectivity index (χ1) is 8.71. The summed E-state index contributed by atoms with van der Waals surface area (Å²) in [5, 5.41) is 11.4. The number of nitrogens with one attached hydrogen (secondary N) is 1. The molecule has 0 saturated carbocycles. The largest absolute Gasteiger partial charge is 0.480 e. The maximum atomic E-state index is 12.0. The molecule has 1 saturated heterocycles. The van der Waals surface area contributed by atoms with Gasteiger partial charge in [0.25, 0.3) is 0 Å². The molecule has 0 bridgehead atoms. The summed E-state index contributed by atoms with van der Waals surface area (Å²) in [5.74, 6) is -1.57. The first kappa shape index (κ1) is 15.5. The van der Waals surface area contributed by atoms with Crippen molar-refractivity contribution in [3.8, 4) is 0 Å². The molecule has 2 N–H and O–H groups in total. The molecule has 0 radical (unpaired) electrons. The van der Waals surface area contributed by atoms with Gasteiger partial charge in [0.2, 0.25) is 11.8 Å². The fourth-order valence-corrected chi connectivity index (χ4v) is 2.14. The van der Waals surface area contributed by atoms with E-state index in [4.69, 9.17) is 5.11 Å². The van der Waals surface area contributed by atoms with E-state index in [1.165, 1.54) is 6.92 Å². The molecule has 1 aliphatic rings. The Bertz CT molecular complexity index is 379. The molecule has 6 heteroatoms. The predicted octanol–water partition coefficient (Wildman–Crippen LogP) is 0.614. The van der Waals surface area contributed by atoms with Crippen molar-refractivity contribution in [2.45, 2.75) is 46.1 Å². The van der Waals surface area contributed by atoms with E-state index in [0.717, 1.165) is 12.8 Å². The molecule has 1 unspecified atom stereocenters. The smallest absolute Gasteiger partial charge is 0.328 e. The lowest BCUT2D eigenvalue weighted by Gasteiger charge is -2.26. The van der Waals surface area contributed by atoms with Crippen molar-refractivity contribution in [2.75, 3.05) is 13.1 Å². The number of rotatable bonds is 4. The molecule has 0 spiro atoms. The summed E-state index contributed by atoms with van der Waals surface area (Å²) >= 11 is 0. The van der Waals surface area contributed by atoms with Gasteiger partial charge in [-0.05, 0) is 18.3 Å². The molecule has 0 aliphatic carbocycles. The average Bonchev–Trinajstić information content (AvgIpc) is 2.40. The van der Waals surface area contributed by atoms with Crippen LogP contribution in [0.2, 0.25) is 0 Å². The zero-order valence-electron chi connectivity index (χ0n) is 11.7. The molecule has 108 valence electrons. The Kier molecular flexibility index (Phi) is 4.91. The quantitative estimate of drug-likeness (QED) is 0.783. The minimum Gasteiger partial charge on any atom is -0.480 e. The molecule has 1 heterocycles. The number of carboxylic acid groups (broad SMARTS) is 1. The molecule has 0 aromatic carbocycles. The van der Waals surface area contributed by atoms with Gasteiger partial charge in [-0.2, -0.15) is 0 Å². The third-order valence-corrected chi connectivity index (χ3v) is 3.51. The number of nitrogens with zero attached hydrogens (tertiary/aromatic N) is 1. The van der Waals surface area contributed by atoms with Crippen molar-refractivity contribution < 1.29 is 19.5 Å². The van der Waals surface area contributed by atoms with Gasteiger partial charge in [-0.1, -0.05) is 13.8 Å². The number of carboxylic acids is 1. The number of hydrogen-bond acceptors (Lipinski definition) is 3. The molecule has 19 heavy (non-hydrogen) atoms. The predicted molar refractivity (Wildman–Crippen MR) is 69.5 cm³/mol. The molecule has 0 aromatic rings. The molecule has 1 rings (SSSR count). The van der Waals surface area contributed by atoms with E-state index in [2.05, 4.69) is 19.2 Å². The Morgan fingerprint density at radius 3 is 2.58 bits per heavy atom. The van der Waals surface area contributed by atoms with Crippen molar-refractivity contribution in [3.05, 3.63) is 0 Å². The molecule has 2 amide bonds. The zero-order chi connectivity index (χ0) is 14.6. The van der Waals surface area contributed by atoms with E-state index in [-0.39, 0.29) is 17.9 Å². The number of carbonyl (C=O) groups is 3. The highest BCUT2D eigenvalue weighted by Gasteiger charge is 2.30. The van der Waals surface area contributed by atoms with Crippen LogP contribution in [0.1, 0.15) is 40.0 Å². The third kappa shape index (κ3) is 4.89. The highest BCUT2D eigenvalue weighted by molar-refractivity contribution is 5.83. The summed E-state index contributed by atoms with van der Waals surface area (Å²) < 4.78 is 0. The Morgan fingerprint density at radius 1 is 1.42 bits per heavy atom. The SMILES string of the molecule is CC(=O)NC(CN1CCC(C)(C)CCC1=O)C(=O)O. The van der Waals surface area contributed by atoms with Crippen molar-refractivity contribution in [3.63, 3.8) is 0 Å². The molecular formula is C13H22N2O4. The molecule has 1 atom stereocenters. The summed E-state index contributed by atoms with van der Waals surface area (Å²) in [4.78, 5) is 35.6. The van der Waals surface area contributed by atoms with Crippen LogP contribution in [-0.4, -0.2) is 46.9 Å². The molecule has 6 nitrogen and oxygen atoms in total. The first-order valence-electron chi connectivity index (χ1n) is 6.49. The first-order valence-corrected chi connectivity index (χ1v) is 6.49. The lowest BCUT2D eigenvalue weighted by molar-refractivity contribution is -0.143. The minimum absolute atomic E-state index is 0.0316. The number of likely N-dealkylation sites (tertiary alicyclic amines) is 1. The van der Waals surface area contributed by atoms with Crippen LogP contribution in [0.3, 0.4) is 0 Å². The van der Waals surface area contributed by atoms with Crippen LogP contribution >= 0.6 is 0 Å². The standard InChI is InChI=1S/C13H22N2O4/c1-9(16)14-10(12(18)19)8-15-7-6-13(2,3)5-4-11(15)17/h10H,4-8H2,1-3H3,(H,14,16)(H,18,19). The van der Waals surface area contributed by atoms with Crippen molar-refractivity contribution in [1.29, 1.82) is 0 Å². The van der Waals surface area contributed by atoms with E-state index < -0.39 is 17.9 Å². The normalized spacial score (nSPS) is 20.6. The van der Waals surface area contributed by atoms with E-state index in [0.29, 0.717) is 13.0 Å². The van der Waals surface area contributed by atoms with E-state index >= 15 is 0 Å². The van der Waals surface area contributed by atoms with E-state index in [9.17, 15) is 14.4 Å². The number of amides is 2. The monoisotopic (exact) mass is 270 g/mol. The van der Waals surface area contributed by atoms with Crippen LogP contribution in [0.15, 0.2) is 0 Å². The van der Waals surface area contributed by atoms with Gasteiger partial charge in [0.05, 0.1) is 6.54 Å². The number of aliphatic carboxylic acids is 1. The van der Waals surface area contributed by atoms with Crippen molar-refractivity contribution in [1.82, 2.24) is 10.2 Å². The van der Waals surface area contributed by atoms with E-state index in [1.807, 2.05) is 0 Å². The van der Waals surface area contributed by atoms with Gasteiger partial charge in [-0.15, -0.1) is 0 Å². The second-order valence-corrected chi connectivity index (χ2v) is 5.85. The highest BCUT2D eigenvalue weighted by atomic mass is 16.4. The number of hydrogen-bond donors (Lipinski definition) is 2. The van der Waals surface area contributed by atoms with Gasteiger partial charge in [0, 0.05) is 19.9 Å². The maximum absolute atomic E-state index is 12.0. The van der Waals surface area contributed by atoms with Crippen LogP contribution in [0.4, 0.5) is 0 Å². The number of carbonyl (C=O) groups excluding carboxylic acids is 2. The van der Waals surface area contributed by atoms with Crippen LogP contribution in [0.5, 0.6) is 0 Å². The average molecular weight is 270 g/mol. The van der Waals surface area contributed by atoms with Crippen LogP contribution in [0.25, 0.3) is 0 Å².